The highest BCUT2D eigenvalue weighted by Gasteiger charge is 2.42. The molecule has 5 nitrogen and oxygen atoms in total. The molecular weight excluding hydrogens is 476 g/mol. The van der Waals surface area contributed by atoms with Gasteiger partial charge in [-0.15, -0.1) is 0 Å². The smallest absolute Gasteiger partial charge is 0.305 e. The van der Waals surface area contributed by atoms with Gasteiger partial charge < -0.3 is 14.6 Å². The summed E-state index contributed by atoms with van der Waals surface area (Å²) < 4.78 is 11.1. The standard InChI is InChI=1S/C33H62O5/c1-6-8-10-11-12-13-16-19-25-38-32(36)21-18-15-14-17-20-27-28(30(37-5)26-29(27)34)22-23-31(35)33(3,4)24-9-7-2/h27-28,30-31,35H,6-26H2,1-5H3/t27-,28-,30-,31?/m1/s1. The largest absolute Gasteiger partial charge is 0.466 e. The van der Waals surface area contributed by atoms with Gasteiger partial charge in [0.1, 0.15) is 5.78 Å². The van der Waals surface area contributed by atoms with Gasteiger partial charge in [-0.2, -0.15) is 0 Å². The van der Waals surface area contributed by atoms with Gasteiger partial charge in [-0.1, -0.05) is 105 Å². The summed E-state index contributed by atoms with van der Waals surface area (Å²) in [6.07, 6.45) is 20.3. The van der Waals surface area contributed by atoms with E-state index in [1.54, 1.807) is 7.11 Å². The summed E-state index contributed by atoms with van der Waals surface area (Å²) in [5.41, 5.74) is -0.0915. The molecule has 0 radical (unpaired) electrons. The van der Waals surface area contributed by atoms with E-state index in [-0.39, 0.29) is 35.4 Å². The van der Waals surface area contributed by atoms with Crippen molar-refractivity contribution in [3.05, 3.63) is 0 Å². The number of unbranched alkanes of at least 4 members (excludes halogenated alkanes) is 11. The number of hydrogen-bond acceptors (Lipinski definition) is 5. The van der Waals surface area contributed by atoms with Crippen molar-refractivity contribution in [3.8, 4) is 0 Å². The molecule has 0 aromatic heterocycles. The molecule has 5 heteroatoms. The lowest BCUT2D eigenvalue weighted by atomic mass is 9.77. The van der Waals surface area contributed by atoms with E-state index < -0.39 is 0 Å². The lowest BCUT2D eigenvalue weighted by Gasteiger charge is -2.32. The van der Waals surface area contributed by atoms with Crippen molar-refractivity contribution in [1.29, 1.82) is 0 Å². The Labute approximate surface area is 235 Å². The number of rotatable bonds is 24. The summed E-state index contributed by atoms with van der Waals surface area (Å²) in [5, 5.41) is 10.9. The van der Waals surface area contributed by atoms with Crippen LogP contribution >= 0.6 is 0 Å². The number of carbonyl (C=O) groups is 2. The first-order valence-electron chi connectivity index (χ1n) is 16.2. The fraction of sp³-hybridized carbons (Fsp3) is 0.939. The Hall–Kier alpha value is -0.940. The molecule has 0 saturated heterocycles. The monoisotopic (exact) mass is 538 g/mol. The van der Waals surface area contributed by atoms with E-state index in [2.05, 4.69) is 27.7 Å². The predicted octanol–water partition coefficient (Wildman–Crippen LogP) is 8.59. The minimum atomic E-state index is -0.349. The minimum Gasteiger partial charge on any atom is -0.466 e. The first-order valence-corrected chi connectivity index (χ1v) is 16.2. The predicted molar refractivity (Wildman–Crippen MR) is 157 cm³/mol. The van der Waals surface area contributed by atoms with Crippen molar-refractivity contribution in [3.63, 3.8) is 0 Å². The van der Waals surface area contributed by atoms with Crippen LogP contribution in [0, 0.1) is 17.3 Å². The average molecular weight is 539 g/mol. The first kappa shape index (κ1) is 35.1. The second-order valence-corrected chi connectivity index (χ2v) is 12.5. The molecule has 224 valence electrons. The van der Waals surface area contributed by atoms with Crippen LogP contribution in [0.3, 0.4) is 0 Å². The van der Waals surface area contributed by atoms with Crippen LogP contribution in [0.5, 0.6) is 0 Å². The Kier molecular flexibility index (Phi) is 19.3. The summed E-state index contributed by atoms with van der Waals surface area (Å²) in [6.45, 7) is 9.30. The van der Waals surface area contributed by atoms with E-state index in [4.69, 9.17) is 9.47 Å². The Morgan fingerprint density at radius 1 is 0.895 bits per heavy atom. The summed E-state index contributed by atoms with van der Waals surface area (Å²) >= 11 is 0. The van der Waals surface area contributed by atoms with Crippen LogP contribution < -0.4 is 0 Å². The number of aliphatic hydroxyl groups excluding tert-OH is 1. The fourth-order valence-corrected chi connectivity index (χ4v) is 6.04. The van der Waals surface area contributed by atoms with E-state index >= 15 is 0 Å². The van der Waals surface area contributed by atoms with Crippen molar-refractivity contribution in [2.45, 2.75) is 168 Å². The van der Waals surface area contributed by atoms with Crippen molar-refractivity contribution >= 4 is 11.8 Å². The van der Waals surface area contributed by atoms with Crippen LogP contribution in [0.4, 0.5) is 0 Å². The second kappa shape index (κ2) is 20.9. The van der Waals surface area contributed by atoms with Crippen LogP contribution in [-0.2, 0) is 19.1 Å². The highest BCUT2D eigenvalue weighted by Crippen LogP contribution is 2.40. The highest BCUT2D eigenvalue weighted by molar-refractivity contribution is 5.84. The van der Waals surface area contributed by atoms with E-state index in [9.17, 15) is 14.7 Å². The van der Waals surface area contributed by atoms with Gasteiger partial charge in [0.2, 0.25) is 0 Å². The maximum absolute atomic E-state index is 12.8. The van der Waals surface area contributed by atoms with Crippen LogP contribution in [0.2, 0.25) is 0 Å². The molecule has 1 saturated carbocycles. The van der Waals surface area contributed by atoms with E-state index in [1.807, 2.05) is 0 Å². The molecule has 4 atom stereocenters. The third-order valence-electron chi connectivity index (χ3n) is 8.87. The maximum atomic E-state index is 12.8. The van der Waals surface area contributed by atoms with Crippen molar-refractivity contribution in [2.75, 3.05) is 13.7 Å². The molecule has 0 amide bonds. The number of hydrogen-bond donors (Lipinski definition) is 1. The zero-order valence-electron chi connectivity index (χ0n) is 25.7. The molecule has 0 bridgehead atoms. The molecule has 1 unspecified atom stereocenters. The van der Waals surface area contributed by atoms with Crippen molar-refractivity contribution in [1.82, 2.24) is 0 Å². The molecule has 0 aromatic rings. The van der Waals surface area contributed by atoms with Gasteiger partial charge in [0, 0.05) is 25.9 Å². The van der Waals surface area contributed by atoms with Gasteiger partial charge in [-0.25, -0.2) is 0 Å². The molecular formula is C33H62O5. The van der Waals surface area contributed by atoms with Crippen molar-refractivity contribution in [2.24, 2.45) is 17.3 Å². The van der Waals surface area contributed by atoms with Crippen LogP contribution in [0.1, 0.15) is 156 Å². The molecule has 0 aromatic carbocycles. The number of aliphatic hydroxyl groups is 1. The normalized spacial score (nSPS) is 20.7. The Morgan fingerprint density at radius 3 is 2.16 bits per heavy atom. The Bertz CT molecular complexity index is 617. The molecule has 0 aliphatic heterocycles. The molecule has 1 N–H and O–H groups in total. The first-order chi connectivity index (χ1) is 18.3. The third-order valence-corrected chi connectivity index (χ3v) is 8.87. The SMILES string of the molecule is CCCCCCCCCCOC(=O)CCCCCC[C@H]1C(=O)C[C@@H](OC)[C@@H]1CCC(O)C(C)(C)CCCC. The Balaban J connectivity index is 2.22. The van der Waals surface area contributed by atoms with Gasteiger partial charge in [-0.05, 0) is 49.9 Å². The van der Waals surface area contributed by atoms with Crippen molar-refractivity contribution < 1.29 is 24.2 Å². The number of ether oxygens (including phenoxy) is 2. The van der Waals surface area contributed by atoms with Crippen LogP contribution in [0.15, 0.2) is 0 Å². The summed E-state index contributed by atoms with van der Waals surface area (Å²) in [4.78, 5) is 24.8. The molecule has 1 aliphatic rings. The van der Waals surface area contributed by atoms with Crippen LogP contribution in [-0.4, -0.2) is 42.8 Å². The third kappa shape index (κ3) is 14.4. The highest BCUT2D eigenvalue weighted by atomic mass is 16.5. The second-order valence-electron chi connectivity index (χ2n) is 12.5. The lowest BCUT2D eigenvalue weighted by Crippen LogP contribution is -2.31. The van der Waals surface area contributed by atoms with Crippen LogP contribution in [0.25, 0.3) is 0 Å². The number of ketones is 1. The summed E-state index contributed by atoms with van der Waals surface area (Å²) in [5.74, 6) is 0.506. The lowest BCUT2D eigenvalue weighted by molar-refractivity contribution is -0.143. The van der Waals surface area contributed by atoms with Gasteiger partial charge in [0.15, 0.2) is 0 Å². The minimum absolute atomic E-state index is 0.0192. The molecule has 0 heterocycles. The molecule has 1 rings (SSSR count). The van der Waals surface area contributed by atoms with Gasteiger partial charge in [0.05, 0.1) is 18.8 Å². The van der Waals surface area contributed by atoms with Gasteiger partial charge in [-0.3, -0.25) is 9.59 Å². The number of Topliss-reactive ketones (excluding diaryl/α,β-unsaturated/α-hetero) is 1. The Morgan fingerprint density at radius 2 is 1.50 bits per heavy atom. The zero-order valence-corrected chi connectivity index (χ0v) is 25.7. The maximum Gasteiger partial charge on any atom is 0.305 e. The molecule has 38 heavy (non-hydrogen) atoms. The average Bonchev–Trinajstić information content (AvgIpc) is 3.20. The summed E-state index contributed by atoms with van der Waals surface area (Å²) in [7, 11) is 1.71. The van der Waals surface area contributed by atoms with E-state index in [0.29, 0.717) is 25.2 Å². The molecule has 0 spiro atoms. The van der Waals surface area contributed by atoms with E-state index in [1.165, 1.54) is 38.5 Å². The van der Waals surface area contributed by atoms with Gasteiger partial charge >= 0.3 is 5.97 Å². The molecule has 1 fully saturated rings. The number of methoxy groups -OCH3 is 1. The van der Waals surface area contributed by atoms with E-state index in [0.717, 1.165) is 77.0 Å². The fourth-order valence-electron chi connectivity index (χ4n) is 6.04. The quantitative estimate of drug-likeness (QED) is 0.0984. The zero-order chi connectivity index (χ0) is 28.2. The topological polar surface area (TPSA) is 72.8 Å². The van der Waals surface area contributed by atoms with Gasteiger partial charge in [0.25, 0.3) is 0 Å². The number of esters is 1. The summed E-state index contributed by atoms with van der Waals surface area (Å²) in [6, 6.07) is 0. The molecule has 1 aliphatic carbocycles. The number of carbonyl (C=O) groups excluding carboxylic acids is 2.